The Morgan fingerprint density at radius 2 is 1.07 bits per heavy atom. The minimum absolute atomic E-state index is 0.436. The van der Waals surface area contributed by atoms with Crippen molar-refractivity contribution in [1.82, 2.24) is 28.9 Å². The number of para-hydroxylation sites is 3. The highest BCUT2D eigenvalue weighted by Gasteiger charge is 2.25. The Morgan fingerprint density at radius 1 is 0.488 bits per heavy atom. The number of benzene rings is 5. The SMILES string of the molecule is c1ccc(-c2ccc(-c3nc(-c4ccccc4)nc(-n4c5oc6ccccc6c5n5c6ccccc6nc45)n3)cc2)cc1. The third-order valence-corrected chi connectivity index (χ3v) is 7.83. The van der Waals surface area contributed by atoms with E-state index < -0.39 is 0 Å². The second-order valence-corrected chi connectivity index (χ2v) is 10.4. The van der Waals surface area contributed by atoms with Gasteiger partial charge in [0.2, 0.25) is 17.4 Å². The fraction of sp³-hybridized carbons (Fsp3) is 0. The molecule has 0 N–H and O–H groups in total. The molecule has 202 valence electrons. The van der Waals surface area contributed by atoms with Gasteiger partial charge in [-0.3, -0.25) is 4.40 Å². The Kier molecular flexibility index (Phi) is 5.06. The van der Waals surface area contributed by atoms with E-state index in [0.717, 1.165) is 49.8 Å². The lowest BCUT2D eigenvalue weighted by atomic mass is 10.0. The van der Waals surface area contributed by atoms with Crippen LogP contribution in [0, 0.1) is 0 Å². The van der Waals surface area contributed by atoms with Crippen LogP contribution in [-0.4, -0.2) is 28.9 Å². The molecule has 0 amide bonds. The summed E-state index contributed by atoms with van der Waals surface area (Å²) in [4.78, 5) is 20.0. The Balaban J connectivity index is 1.33. The standard InChI is InChI=1S/C36H22N6O/c1-3-11-23(12-4-1)24-19-21-26(22-20-24)33-38-32(25-13-5-2-6-14-25)39-35(40-33)42-34-31(27-15-7-10-18-30(27)43-34)41-29-17-9-8-16-28(29)37-36(41)42/h1-22H. The molecule has 0 radical (unpaired) electrons. The topological polar surface area (TPSA) is 74.0 Å². The van der Waals surface area contributed by atoms with Gasteiger partial charge in [0.1, 0.15) is 11.1 Å². The van der Waals surface area contributed by atoms with Crippen molar-refractivity contribution in [2.45, 2.75) is 0 Å². The van der Waals surface area contributed by atoms with E-state index in [0.29, 0.717) is 29.1 Å². The van der Waals surface area contributed by atoms with Crippen LogP contribution in [0.25, 0.3) is 78.9 Å². The van der Waals surface area contributed by atoms with Crippen molar-refractivity contribution in [2.24, 2.45) is 0 Å². The highest BCUT2D eigenvalue weighted by molar-refractivity contribution is 6.06. The molecule has 9 rings (SSSR count). The fourth-order valence-electron chi connectivity index (χ4n) is 5.79. The number of hydrogen-bond donors (Lipinski definition) is 0. The second kappa shape index (κ2) is 9.22. The molecule has 0 saturated carbocycles. The van der Waals surface area contributed by atoms with E-state index in [1.54, 1.807) is 0 Å². The minimum atomic E-state index is 0.436. The molecule has 7 nitrogen and oxygen atoms in total. The van der Waals surface area contributed by atoms with Crippen LogP contribution in [0.2, 0.25) is 0 Å². The number of imidazole rings is 2. The van der Waals surface area contributed by atoms with Gasteiger partial charge in [0, 0.05) is 16.5 Å². The molecular formula is C36H22N6O. The van der Waals surface area contributed by atoms with Gasteiger partial charge < -0.3 is 4.42 Å². The van der Waals surface area contributed by atoms with Gasteiger partial charge in [-0.15, -0.1) is 0 Å². The lowest BCUT2D eigenvalue weighted by molar-refractivity contribution is 0.640. The molecule has 0 aliphatic carbocycles. The molecule has 43 heavy (non-hydrogen) atoms. The summed E-state index contributed by atoms with van der Waals surface area (Å²) in [5.74, 6) is 2.25. The normalized spacial score (nSPS) is 11.7. The van der Waals surface area contributed by atoms with Gasteiger partial charge in [-0.2, -0.15) is 9.97 Å². The van der Waals surface area contributed by atoms with Crippen LogP contribution >= 0.6 is 0 Å². The summed E-state index contributed by atoms with van der Waals surface area (Å²) >= 11 is 0. The zero-order valence-corrected chi connectivity index (χ0v) is 22.8. The van der Waals surface area contributed by atoms with E-state index >= 15 is 0 Å². The summed E-state index contributed by atoms with van der Waals surface area (Å²) in [5.41, 5.74) is 8.28. The maximum Gasteiger partial charge on any atom is 0.243 e. The number of nitrogens with zero attached hydrogens (tertiary/aromatic N) is 6. The first-order chi connectivity index (χ1) is 21.3. The molecule has 0 unspecified atom stereocenters. The smallest absolute Gasteiger partial charge is 0.243 e. The highest BCUT2D eigenvalue weighted by atomic mass is 16.3. The average Bonchev–Trinajstić information content (AvgIpc) is 3.72. The molecule has 0 spiro atoms. The molecule has 7 heteroatoms. The molecular weight excluding hydrogens is 532 g/mol. The number of aromatic nitrogens is 6. The van der Waals surface area contributed by atoms with E-state index in [1.165, 1.54) is 0 Å². The highest BCUT2D eigenvalue weighted by Crippen LogP contribution is 2.36. The zero-order chi connectivity index (χ0) is 28.3. The monoisotopic (exact) mass is 554 g/mol. The third kappa shape index (κ3) is 3.68. The first-order valence-electron chi connectivity index (χ1n) is 14.1. The van der Waals surface area contributed by atoms with E-state index in [4.69, 9.17) is 24.4 Å². The van der Waals surface area contributed by atoms with Crippen LogP contribution in [0.15, 0.2) is 138 Å². The van der Waals surface area contributed by atoms with Gasteiger partial charge in [0.05, 0.1) is 11.0 Å². The van der Waals surface area contributed by atoms with Crippen LogP contribution < -0.4 is 0 Å². The van der Waals surface area contributed by atoms with Crippen molar-refractivity contribution >= 4 is 39.0 Å². The lowest BCUT2D eigenvalue weighted by Crippen LogP contribution is -2.06. The Bertz CT molecular complexity index is 2350. The van der Waals surface area contributed by atoms with Crippen molar-refractivity contribution in [3.05, 3.63) is 133 Å². The van der Waals surface area contributed by atoms with Crippen molar-refractivity contribution in [3.63, 3.8) is 0 Å². The van der Waals surface area contributed by atoms with Gasteiger partial charge in [0.15, 0.2) is 11.6 Å². The lowest BCUT2D eigenvalue weighted by Gasteiger charge is -2.09. The molecule has 0 bridgehead atoms. The van der Waals surface area contributed by atoms with Crippen molar-refractivity contribution in [1.29, 1.82) is 0 Å². The number of hydrogen-bond acceptors (Lipinski definition) is 5. The van der Waals surface area contributed by atoms with E-state index in [1.807, 2.05) is 89.5 Å². The summed E-state index contributed by atoms with van der Waals surface area (Å²) in [6, 6.07) is 44.8. The quantitative estimate of drug-likeness (QED) is 0.219. The van der Waals surface area contributed by atoms with Gasteiger partial charge in [-0.05, 0) is 35.4 Å². The first-order valence-corrected chi connectivity index (χ1v) is 14.1. The van der Waals surface area contributed by atoms with E-state index in [2.05, 4.69) is 52.9 Å². The maximum atomic E-state index is 6.49. The molecule has 0 fully saturated rings. The molecule has 4 heterocycles. The van der Waals surface area contributed by atoms with Gasteiger partial charge in [-0.1, -0.05) is 109 Å². The molecule has 9 aromatic rings. The van der Waals surface area contributed by atoms with Crippen LogP contribution in [0.1, 0.15) is 0 Å². The number of furan rings is 1. The van der Waals surface area contributed by atoms with Crippen molar-refractivity contribution < 1.29 is 4.42 Å². The number of fused-ring (bicyclic) bond motifs is 7. The predicted octanol–water partition coefficient (Wildman–Crippen LogP) is 8.36. The van der Waals surface area contributed by atoms with Gasteiger partial charge in [0.25, 0.3) is 0 Å². The summed E-state index contributed by atoms with van der Waals surface area (Å²) in [5, 5.41) is 0.999. The summed E-state index contributed by atoms with van der Waals surface area (Å²) in [7, 11) is 0. The summed E-state index contributed by atoms with van der Waals surface area (Å²) in [6.45, 7) is 0. The van der Waals surface area contributed by atoms with Crippen LogP contribution in [0.5, 0.6) is 0 Å². The van der Waals surface area contributed by atoms with Crippen LogP contribution in [0.4, 0.5) is 0 Å². The van der Waals surface area contributed by atoms with Gasteiger partial charge >= 0.3 is 0 Å². The first kappa shape index (κ1) is 23.6. The zero-order valence-electron chi connectivity index (χ0n) is 22.8. The molecule has 0 saturated heterocycles. The van der Waals surface area contributed by atoms with Crippen molar-refractivity contribution in [2.75, 3.05) is 0 Å². The van der Waals surface area contributed by atoms with Crippen LogP contribution in [-0.2, 0) is 0 Å². The Labute approximate surface area is 245 Å². The Hall–Kier alpha value is -6.08. The molecule has 0 aliphatic heterocycles. The van der Waals surface area contributed by atoms with E-state index in [-0.39, 0.29) is 0 Å². The second-order valence-electron chi connectivity index (χ2n) is 10.4. The summed E-state index contributed by atoms with van der Waals surface area (Å²) < 4.78 is 10.5. The minimum Gasteiger partial charge on any atom is -0.437 e. The molecule has 4 aromatic heterocycles. The van der Waals surface area contributed by atoms with E-state index in [9.17, 15) is 0 Å². The van der Waals surface area contributed by atoms with Gasteiger partial charge in [-0.25, -0.2) is 14.5 Å². The summed E-state index contributed by atoms with van der Waals surface area (Å²) in [6.07, 6.45) is 0. The average molecular weight is 555 g/mol. The number of rotatable bonds is 4. The molecule has 0 aliphatic rings. The molecule has 0 atom stereocenters. The third-order valence-electron chi connectivity index (χ3n) is 7.83. The maximum absolute atomic E-state index is 6.49. The molecule has 5 aromatic carbocycles. The Morgan fingerprint density at radius 3 is 1.84 bits per heavy atom. The fourth-order valence-corrected chi connectivity index (χ4v) is 5.79. The van der Waals surface area contributed by atoms with Crippen LogP contribution in [0.3, 0.4) is 0 Å². The van der Waals surface area contributed by atoms with Crippen molar-refractivity contribution in [3.8, 4) is 39.9 Å². The predicted molar refractivity (Wildman–Crippen MR) is 169 cm³/mol. The largest absolute Gasteiger partial charge is 0.437 e.